The van der Waals surface area contributed by atoms with Gasteiger partial charge in [0.05, 0.1) is 11.5 Å². The van der Waals surface area contributed by atoms with Crippen LogP contribution >= 0.6 is 0 Å². The van der Waals surface area contributed by atoms with E-state index in [1.165, 1.54) is 12.1 Å². The third-order valence-electron chi connectivity index (χ3n) is 3.50. The first-order valence-corrected chi connectivity index (χ1v) is 9.68. The Kier molecular flexibility index (Phi) is 9.32. The zero-order valence-corrected chi connectivity index (χ0v) is 16.8. The maximum absolute atomic E-state index is 11.4. The second-order valence-electron chi connectivity index (χ2n) is 7.37. The van der Waals surface area contributed by atoms with Crippen LogP contribution in [0.3, 0.4) is 0 Å². The van der Waals surface area contributed by atoms with Gasteiger partial charge in [0.15, 0.2) is 0 Å². The molecule has 3 N–H and O–H groups in total. The Bertz CT molecular complexity index is 632. The minimum atomic E-state index is -4.02. The summed E-state index contributed by atoms with van der Waals surface area (Å²) in [6, 6.07) is 5.50. The van der Waals surface area contributed by atoms with Crippen molar-refractivity contribution in [3.05, 3.63) is 29.8 Å². The summed E-state index contributed by atoms with van der Waals surface area (Å²) in [5.41, 5.74) is 6.69. The fourth-order valence-electron chi connectivity index (χ4n) is 1.58. The van der Waals surface area contributed by atoms with Gasteiger partial charge in [-0.3, -0.25) is 9.35 Å². The number of carbonyl (C=O) groups excluding carboxylic acids is 1. The Morgan fingerprint density at radius 2 is 1.72 bits per heavy atom. The predicted molar refractivity (Wildman–Crippen MR) is 98.8 cm³/mol. The largest absolute Gasteiger partial charge is 0.464 e. The molecule has 0 saturated heterocycles. The predicted octanol–water partition coefficient (Wildman–Crippen LogP) is 3.19. The number of rotatable bonds is 5. The van der Waals surface area contributed by atoms with Crippen LogP contribution in [0.5, 0.6) is 0 Å². The first kappa shape index (κ1) is 23.6. The second kappa shape index (κ2) is 9.89. The molecule has 0 aromatic heterocycles. The SMILES string of the molecule is CCC(C)[C@H](N)C(=O)OCC(C)(C)C.Cc1ccc(S(=O)(=O)O)cc1. The number of carbonyl (C=O) groups is 1. The van der Waals surface area contributed by atoms with E-state index in [1.807, 2.05) is 41.5 Å². The van der Waals surface area contributed by atoms with Crippen LogP contribution in [0.1, 0.15) is 46.6 Å². The second-order valence-corrected chi connectivity index (χ2v) is 8.79. The lowest BCUT2D eigenvalue weighted by Gasteiger charge is -2.21. The molecule has 0 heterocycles. The smallest absolute Gasteiger partial charge is 0.323 e. The van der Waals surface area contributed by atoms with E-state index in [1.54, 1.807) is 12.1 Å². The highest BCUT2D eigenvalue weighted by atomic mass is 32.2. The van der Waals surface area contributed by atoms with Crippen LogP contribution in [-0.4, -0.2) is 31.6 Å². The summed E-state index contributed by atoms with van der Waals surface area (Å²) in [6.07, 6.45) is 0.895. The number of nitrogens with two attached hydrogens (primary N) is 1. The van der Waals surface area contributed by atoms with Gasteiger partial charge >= 0.3 is 5.97 Å². The lowest BCUT2D eigenvalue weighted by Crippen LogP contribution is -2.39. The lowest BCUT2D eigenvalue weighted by molar-refractivity contribution is -0.149. The van der Waals surface area contributed by atoms with Crippen molar-refractivity contribution < 1.29 is 22.5 Å². The van der Waals surface area contributed by atoms with Crippen LogP contribution in [0.2, 0.25) is 0 Å². The third-order valence-corrected chi connectivity index (χ3v) is 4.36. The van der Waals surface area contributed by atoms with Gasteiger partial charge in [-0.25, -0.2) is 0 Å². The summed E-state index contributed by atoms with van der Waals surface area (Å²) >= 11 is 0. The summed E-state index contributed by atoms with van der Waals surface area (Å²) in [4.78, 5) is 11.4. The first-order chi connectivity index (χ1) is 11.3. The molecule has 0 bridgehead atoms. The zero-order valence-electron chi connectivity index (χ0n) is 15.9. The molecule has 0 radical (unpaired) electrons. The molecule has 25 heavy (non-hydrogen) atoms. The number of esters is 1. The van der Waals surface area contributed by atoms with E-state index >= 15 is 0 Å². The molecule has 6 nitrogen and oxygen atoms in total. The normalized spacial score (nSPS) is 14.1. The lowest BCUT2D eigenvalue weighted by atomic mass is 9.98. The van der Waals surface area contributed by atoms with Gasteiger partial charge in [-0.2, -0.15) is 8.42 Å². The molecule has 0 spiro atoms. The molecular weight excluding hydrogens is 342 g/mol. The average molecular weight is 374 g/mol. The van der Waals surface area contributed by atoms with Crippen molar-refractivity contribution in [3.8, 4) is 0 Å². The Morgan fingerprint density at radius 1 is 1.24 bits per heavy atom. The molecule has 0 amide bonds. The minimum Gasteiger partial charge on any atom is -0.464 e. The number of aryl methyl sites for hydroxylation is 1. The number of ether oxygens (including phenoxy) is 1. The molecule has 0 aliphatic heterocycles. The van der Waals surface area contributed by atoms with Gasteiger partial charge < -0.3 is 10.5 Å². The molecule has 0 aliphatic carbocycles. The van der Waals surface area contributed by atoms with Gasteiger partial charge in [-0.05, 0) is 30.4 Å². The standard InChI is InChI=1S/C11H23NO2.C7H8O3S/c1-6-8(2)9(12)10(13)14-7-11(3,4)5;1-6-2-4-7(5-3-6)11(8,9)10/h8-9H,6-7,12H2,1-5H3;2-5H,1H3,(H,8,9,10)/t8?,9-;/m0./s1. The van der Waals surface area contributed by atoms with Crippen molar-refractivity contribution in [1.82, 2.24) is 0 Å². The van der Waals surface area contributed by atoms with Crippen LogP contribution in [0.25, 0.3) is 0 Å². The maximum atomic E-state index is 11.4. The average Bonchev–Trinajstić information content (AvgIpc) is 2.50. The highest BCUT2D eigenvalue weighted by Gasteiger charge is 2.22. The molecule has 1 aromatic rings. The Morgan fingerprint density at radius 3 is 2.08 bits per heavy atom. The fraction of sp³-hybridized carbons (Fsp3) is 0.611. The number of hydrogen-bond acceptors (Lipinski definition) is 5. The maximum Gasteiger partial charge on any atom is 0.323 e. The van der Waals surface area contributed by atoms with Crippen molar-refractivity contribution >= 4 is 16.1 Å². The van der Waals surface area contributed by atoms with Crippen molar-refractivity contribution in [2.75, 3.05) is 6.61 Å². The molecule has 2 atom stereocenters. The van der Waals surface area contributed by atoms with Crippen molar-refractivity contribution in [1.29, 1.82) is 0 Å². The third kappa shape index (κ3) is 10.2. The van der Waals surface area contributed by atoms with Crippen LogP contribution in [-0.2, 0) is 19.6 Å². The molecule has 1 rings (SSSR count). The summed E-state index contributed by atoms with van der Waals surface area (Å²) in [6.45, 7) is 12.3. The highest BCUT2D eigenvalue weighted by molar-refractivity contribution is 7.85. The Hall–Kier alpha value is -1.44. The number of benzene rings is 1. The zero-order chi connectivity index (χ0) is 19.8. The van der Waals surface area contributed by atoms with Gasteiger partial charge in [0.2, 0.25) is 0 Å². The van der Waals surface area contributed by atoms with Crippen molar-refractivity contribution in [2.45, 2.75) is 58.9 Å². The van der Waals surface area contributed by atoms with Gasteiger partial charge in [-0.1, -0.05) is 58.7 Å². The van der Waals surface area contributed by atoms with E-state index in [9.17, 15) is 13.2 Å². The molecule has 0 fully saturated rings. The van der Waals surface area contributed by atoms with E-state index in [0.29, 0.717) is 6.61 Å². The van der Waals surface area contributed by atoms with E-state index in [0.717, 1.165) is 12.0 Å². The Labute approximate surface area is 151 Å². The van der Waals surface area contributed by atoms with Crippen LogP contribution in [0, 0.1) is 18.3 Å². The van der Waals surface area contributed by atoms with Gasteiger partial charge in [0.1, 0.15) is 6.04 Å². The topological polar surface area (TPSA) is 107 Å². The highest BCUT2D eigenvalue weighted by Crippen LogP contribution is 2.14. The fourth-order valence-corrected chi connectivity index (χ4v) is 2.06. The molecule has 144 valence electrons. The molecule has 7 heteroatoms. The summed E-state index contributed by atoms with van der Waals surface area (Å²) < 4.78 is 34.7. The van der Waals surface area contributed by atoms with Crippen molar-refractivity contribution in [3.63, 3.8) is 0 Å². The van der Waals surface area contributed by atoms with E-state index in [-0.39, 0.29) is 22.2 Å². The summed E-state index contributed by atoms with van der Waals surface area (Å²) in [5, 5.41) is 0. The molecular formula is C18H31NO5S. The van der Waals surface area contributed by atoms with Crippen LogP contribution < -0.4 is 5.73 Å². The van der Waals surface area contributed by atoms with E-state index in [2.05, 4.69) is 0 Å². The van der Waals surface area contributed by atoms with E-state index in [4.69, 9.17) is 15.0 Å². The van der Waals surface area contributed by atoms with Gasteiger partial charge in [0, 0.05) is 0 Å². The summed E-state index contributed by atoms with van der Waals surface area (Å²) in [5.74, 6) is -0.100. The van der Waals surface area contributed by atoms with Crippen LogP contribution in [0.15, 0.2) is 29.2 Å². The first-order valence-electron chi connectivity index (χ1n) is 8.24. The quantitative estimate of drug-likeness (QED) is 0.606. The monoisotopic (exact) mass is 373 g/mol. The molecule has 1 aromatic carbocycles. The van der Waals surface area contributed by atoms with Crippen molar-refractivity contribution in [2.24, 2.45) is 17.1 Å². The summed E-state index contributed by atoms with van der Waals surface area (Å²) in [7, 11) is -4.02. The van der Waals surface area contributed by atoms with Gasteiger partial charge in [0.25, 0.3) is 10.1 Å². The van der Waals surface area contributed by atoms with Crippen LogP contribution in [0.4, 0.5) is 0 Å². The Balaban J connectivity index is 0.000000472. The molecule has 1 unspecified atom stereocenters. The van der Waals surface area contributed by atoms with Gasteiger partial charge in [-0.15, -0.1) is 0 Å². The molecule has 0 saturated carbocycles. The molecule has 0 aliphatic rings. The minimum absolute atomic E-state index is 0.00479. The van der Waals surface area contributed by atoms with E-state index < -0.39 is 16.2 Å². The number of hydrogen-bond donors (Lipinski definition) is 2.